The average Bonchev–Trinajstić information content (AvgIpc) is 2.99. The molecule has 0 bridgehead atoms. The second-order valence-electron chi connectivity index (χ2n) is 5.54. The van der Waals surface area contributed by atoms with Crippen LogP contribution in [0.3, 0.4) is 0 Å². The largest absolute Gasteiger partial charge is 0.371 e. The van der Waals surface area contributed by atoms with Crippen molar-refractivity contribution in [2.24, 2.45) is 0 Å². The predicted molar refractivity (Wildman–Crippen MR) is 82.1 cm³/mol. The topological polar surface area (TPSA) is 47.0 Å². The first-order valence-corrected chi connectivity index (χ1v) is 7.99. The fourth-order valence-corrected chi connectivity index (χ4v) is 2.77. The van der Waals surface area contributed by atoms with Gasteiger partial charge in [-0.05, 0) is 33.1 Å². The lowest BCUT2D eigenvalue weighted by Gasteiger charge is -2.16. The Morgan fingerprint density at radius 1 is 1.30 bits per heavy atom. The summed E-state index contributed by atoms with van der Waals surface area (Å²) >= 11 is 0. The van der Waals surface area contributed by atoms with Gasteiger partial charge in [0.15, 0.2) is 5.82 Å². The molecule has 1 aromatic rings. The van der Waals surface area contributed by atoms with Gasteiger partial charge in [0.1, 0.15) is 11.9 Å². The Labute approximate surface area is 122 Å². The van der Waals surface area contributed by atoms with Gasteiger partial charge in [-0.2, -0.15) is 0 Å². The minimum atomic E-state index is -0.0384. The molecule has 1 heterocycles. The van der Waals surface area contributed by atoms with Crippen molar-refractivity contribution in [2.45, 2.75) is 64.9 Å². The van der Waals surface area contributed by atoms with Gasteiger partial charge in [0.2, 0.25) is 0 Å². The third-order valence-electron chi connectivity index (χ3n) is 3.87. The molecule has 1 aliphatic carbocycles. The van der Waals surface area contributed by atoms with Gasteiger partial charge in [-0.15, -0.1) is 0 Å². The highest BCUT2D eigenvalue weighted by Gasteiger charge is 2.21. The maximum Gasteiger partial charge on any atom is 0.159 e. The molecule has 0 aromatic carbocycles. The normalized spacial score (nSPS) is 17.4. The Bertz CT molecular complexity index is 416. The van der Waals surface area contributed by atoms with Crippen LogP contribution in [0.4, 0.5) is 5.82 Å². The zero-order chi connectivity index (χ0) is 14.4. The minimum Gasteiger partial charge on any atom is -0.371 e. The number of hydrogen-bond acceptors (Lipinski definition) is 4. The summed E-state index contributed by atoms with van der Waals surface area (Å²) < 4.78 is 5.65. The van der Waals surface area contributed by atoms with Crippen LogP contribution in [0.15, 0.2) is 6.07 Å². The summed E-state index contributed by atoms with van der Waals surface area (Å²) in [6, 6.07) is 2.13. The van der Waals surface area contributed by atoms with E-state index in [1.54, 1.807) is 0 Å². The number of rotatable bonds is 7. The van der Waals surface area contributed by atoms with Crippen molar-refractivity contribution in [1.82, 2.24) is 9.97 Å². The number of nitrogens with one attached hydrogen (secondary N) is 1. The summed E-state index contributed by atoms with van der Waals surface area (Å²) in [6.07, 6.45) is 6.22. The second kappa shape index (κ2) is 7.58. The van der Waals surface area contributed by atoms with Crippen LogP contribution < -0.4 is 5.32 Å². The summed E-state index contributed by atoms with van der Waals surface area (Å²) in [4.78, 5) is 9.38. The van der Waals surface area contributed by atoms with Crippen LogP contribution in [0.5, 0.6) is 0 Å². The van der Waals surface area contributed by atoms with Gasteiger partial charge in [-0.3, -0.25) is 0 Å². The van der Waals surface area contributed by atoms with E-state index in [0.717, 1.165) is 24.6 Å². The molecule has 0 saturated heterocycles. The molecular weight excluding hydrogens is 250 g/mol. The predicted octanol–water partition coefficient (Wildman–Crippen LogP) is 4.05. The lowest BCUT2D eigenvalue weighted by molar-refractivity contribution is 0.0699. The van der Waals surface area contributed by atoms with E-state index in [-0.39, 0.29) is 6.10 Å². The molecule has 4 heteroatoms. The third-order valence-corrected chi connectivity index (χ3v) is 3.87. The summed E-state index contributed by atoms with van der Waals surface area (Å²) in [6.45, 7) is 7.84. The van der Waals surface area contributed by atoms with Crippen molar-refractivity contribution < 1.29 is 4.74 Å². The molecule has 4 nitrogen and oxygen atoms in total. The Morgan fingerprint density at radius 2 is 2.05 bits per heavy atom. The highest BCUT2D eigenvalue weighted by Crippen LogP contribution is 2.34. The van der Waals surface area contributed by atoms with Crippen molar-refractivity contribution in [1.29, 1.82) is 0 Å². The Hall–Kier alpha value is -1.16. The maximum absolute atomic E-state index is 5.65. The number of hydrogen-bond donors (Lipinski definition) is 1. The highest BCUT2D eigenvalue weighted by atomic mass is 16.5. The Morgan fingerprint density at radius 3 is 2.70 bits per heavy atom. The number of anilines is 1. The molecule has 0 amide bonds. The van der Waals surface area contributed by atoms with E-state index >= 15 is 0 Å². The molecule has 0 spiro atoms. The van der Waals surface area contributed by atoms with Crippen molar-refractivity contribution in [3.63, 3.8) is 0 Å². The molecular formula is C16H27N3O. The summed E-state index contributed by atoms with van der Waals surface area (Å²) in [5, 5.41) is 3.39. The van der Waals surface area contributed by atoms with E-state index in [1.165, 1.54) is 31.4 Å². The summed E-state index contributed by atoms with van der Waals surface area (Å²) in [7, 11) is 0. The average molecular weight is 277 g/mol. The van der Waals surface area contributed by atoms with E-state index in [2.05, 4.69) is 23.3 Å². The van der Waals surface area contributed by atoms with E-state index < -0.39 is 0 Å². The number of aromatic nitrogens is 2. The van der Waals surface area contributed by atoms with Crippen LogP contribution in [-0.2, 0) is 4.74 Å². The van der Waals surface area contributed by atoms with Crippen LogP contribution in [0.1, 0.15) is 76.4 Å². The molecule has 1 atom stereocenters. The monoisotopic (exact) mass is 277 g/mol. The molecule has 0 aliphatic heterocycles. The first-order valence-electron chi connectivity index (χ1n) is 7.99. The van der Waals surface area contributed by atoms with Crippen LogP contribution in [0.25, 0.3) is 0 Å². The SMILES string of the molecule is CCCNc1cc(C2CCCC2)nc(C(C)OCC)n1. The molecule has 1 fully saturated rings. The van der Waals surface area contributed by atoms with Crippen LogP contribution in [-0.4, -0.2) is 23.1 Å². The number of nitrogens with zero attached hydrogens (tertiary/aromatic N) is 2. The molecule has 2 rings (SSSR count). The van der Waals surface area contributed by atoms with Gasteiger partial charge < -0.3 is 10.1 Å². The quantitative estimate of drug-likeness (QED) is 0.816. The molecule has 112 valence electrons. The molecule has 20 heavy (non-hydrogen) atoms. The third kappa shape index (κ3) is 3.92. The van der Waals surface area contributed by atoms with Crippen molar-refractivity contribution in [3.8, 4) is 0 Å². The first kappa shape index (κ1) is 15.2. The van der Waals surface area contributed by atoms with Gasteiger partial charge in [0, 0.05) is 30.8 Å². The zero-order valence-electron chi connectivity index (χ0n) is 13.0. The van der Waals surface area contributed by atoms with E-state index in [1.807, 2.05) is 13.8 Å². The van der Waals surface area contributed by atoms with Crippen molar-refractivity contribution >= 4 is 5.82 Å². The minimum absolute atomic E-state index is 0.0384. The smallest absolute Gasteiger partial charge is 0.159 e. The molecule has 1 N–H and O–H groups in total. The van der Waals surface area contributed by atoms with Gasteiger partial charge in [-0.1, -0.05) is 19.8 Å². The van der Waals surface area contributed by atoms with Crippen LogP contribution in [0.2, 0.25) is 0 Å². The fourth-order valence-electron chi connectivity index (χ4n) is 2.77. The van der Waals surface area contributed by atoms with Crippen LogP contribution in [0, 0.1) is 0 Å². The second-order valence-corrected chi connectivity index (χ2v) is 5.54. The molecule has 1 unspecified atom stereocenters. The lowest BCUT2D eigenvalue weighted by atomic mass is 10.0. The Kier molecular flexibility index (Phi) is 5.77. The zero-order valence-corrected chi connectivity index (χ0v) is 13.0. The van der Waals surface area contributed by atoms with Crippen molar-refractivity contribution in [3.05, 3.63) is 17.6 Å². The van der Waals surface area contributed by atoms with Gasteiger partial charge in [0.25, 0.3) is 0 Å². The Balaban J connectivity index is 2.22. The molecule has 1 aliphatic rings. The highest BCUT2D eigenvalue weighted by molar-refractivity contribution is 5.37. The number of ether oxygens (including phenoxy) is 1. The van der Waals surface area contributed by atoms with E-state index in [0.29, 0.717) is 12.5 Å². The van der Waals surface area contributed by atoms with Gasteiger partial charge in [-0.25, -0.2) is 9.97 Å². The lowest BCUT2D eigenvalue weighted by Crippen LogP contribution is -2.12. The summed E-state index contributed by atoms with van der Waals surface area (Å²) in [5.41, 5.74) is 1.19. The van der Waals surface area contributed by atoms with Gasteiger partial charge >= 0.3 is 0 Å². The first-order chi connectivity index (χ1) is 9.74. The fraction of sp³-hybridized carbons (Fsp3) is 0.750. The maximum atomic E-state index is 5.65. The van der Waals surface area contributed by atoms with Crippen molar-refractivity contribution in [2.75, 3.05) is 18.5 Å². The molecule has 1 aromatic heterocycles. The standard InChI is InChI=1S/C16H27N3O/c1-4-10-17-15-11-14(13-8-6-7-9-13)18-16(19-15)12(3)20-5-2/h11-13H,4-10H2,1-3H3,(H,17,18,19). The van der Waals surface area contributed by atoms with Gasteiger partial charge in [0.05, 0.1) is 0 Å². The molecule has 1 saturated carbocycles. The van der Waals surface area contributed by atoms with Crippen LogP contribution >= 0.6 is 0 Å². The van der Waals surface area contributed by atoms with E-state index in [4.69, 9.17) is 9.72 Å². The van der Waals surface area contributed by atoms with E-state index in [9.17, 15) is 0 Å². The summed E-state index contributed by atoms with van der Waals surface area (Å²) in [5.74, 6) is 2.37. The molecule has 0 radical (unpaired) electrons.